The molecule has 2 unspecified atom stereocenters. The molecular weight excluding hydrogens is 264 g/mol. The van der Waals surface area contributed by atoms with Crippen LogP contribution < -0.4 is 0 Å². The Kier molecular flexibility index (Phi) is 10.2. The van der Waals surface area contributed by atoms with Crippen molar-refractivity contribution in [1.82, 2.24) is 0 Å². The van der Waals surface area contributed by atoms with Crippen LogP contribution in [0.1, 0.15) is 40.0 Å². The minimum Gasteiger partial charge on any atom is -0.122 e. The molecule has 0 radical (unpaired) electrons. The molecule has 20 heavy (non-hydrogen) atoms. The highest BCUT2D eigenvalue weighted by molar-refractivity contribution is 6.18. The van der Waals surface area contributed by atoms with Crippen molar-refractivity contribution in [2.24, 2.45) is 11.8 Å². The summed E-state index contributed by atoms with van der Waals surface area (Å²) in [4.78, 5) is 0. The fraction of sp³-hybridized carbons (Fsp3) is 0.474. The molecule has 0 spiro atoms. The second kappa shape index (κ2) is 10.7. The molecule has 0 rings (SSSR count). The van der Waals surface area contributed by atoms with Crippen molar-refractivity contribution in [1.29, 1.82) is 0 Å². The Hall–Kier alpha value is -1.01. The molecule has 0 amide bonds. The summed E-state index contributed by atoms with van der Waals surface area (Å²) in [6.07, 6.45) is 11.5. The first-order valence-corrected chi connectivity index (χ1v) is 7.85. The molecule has 0 aliphatic heterocycles. The quantitative estimate of drug-likeness (QED) is 0.187. The fourth-order valence-electron chi connectivity index (χ4n) is 1.96. The first-order valence-electron chi connectivity index (χ1n) is 7.32. The highest BCUT2D eigenvalue weighted by atomic mass is 35.5. The van der Waals surface area contributed by atoms with Gasteiger partial charge in [-0.25, -0.2) is 0 Å². The molecule has 0 aromatic heterocycles. The van der Waals surface area contributed by atoms with E-state index in [9.17, 15) is 0 Å². The van der Waals surface area contributed by atoms with E-state index in [0.717, 1.165) is 19.3 Å². The number of hydrogen-bond acceptors (Lipinski definition) is 0. The van der Waals surface area contributed by atoms with Crippen molar-refractivity contribution in [2.75, 3.05) is 5.88 Å². The van der Waals surface area contributed by atoms with Crippen LogP contribution in [0.3, 0.4) is 0 Å². The first kappa shape index (κ1) is 19.0. The van der Waals surface area contributed by atoms with Gasteiger partial charge in [0.05, 0.1) is 0 Å². The molecule has 1 heteroatoms. The number of alkyl halides is 1. The maximum Gasteiger partial charge on any atom is 0.0409 e. The maximum absolute atomic E-state index is 5.68. The predicted octanol–water partition coefficient (Wildman–Crippen LogP) is 6.47. The standard InChI is InChI=1S/C19H29Cl/c1-7-8-9-10-16(3)18(5)19(6)17(4)12-11-15(2)13-14-20/h7,11-13,17-18H,1,3,6,8-10,14H2,2,4-5H3/b12-11-,15-13-. The van der Waals surface area contributed by atoms with E-state index in [2.05, 4.69) is 52.7 Å². The number of unbranched alkanes of at least 4 members (excludes halogenated alkanes) is 1. The summed E-state index contributed by atoms with van der Waals surface area (Å²) in [6, 6.07) is 0. The third kappa shape index (κ3) is 7.55. The second-order valence-corrected chi connectivity index (χ2v) is 5.69. The van der Waals surface area contributed by atoms with Crippen LogP contribution in [-0.2, 0) is 0 Å². The molecule has 0 nitrogen and oxygen atoms in total. The van der Waals surface area contributed by atoms with Crippen LogP contribution in [0.15, 0.2) is 60.8 Å². The average Bonchev–Trinajstić information content (AvgIpc) is 2.43. The van der Waals surface area contributed by atoms with Crippen molar-refractivity contribution >= 4 is 11.6 Å². The molecule has 0 saturated carbocycles. The molecule has 0 aliphatic rings. The summed E-state index contributed by atoms with van der Waals surface area (Å²) in [5.41, 5.74) is 3.69. The van der Waals surface area contributed by atoms with E-state index in [1.165, 1.54) is 16.7 Å². The minimum absolute atomic E-state index is 0.347. The smallest absolute Gasteiger partial charge is 0.0409 e. The Balaban J connectivity index is 4.45. The van der Waals surface area contributed by atoms with Gasteiger partial charge in [0.1, 0.15) is 0 Å². The van der Waals surface area contributed by atoms with Crippen molar-refractivity contribution in [3.8, 4) is 0 Å². The van der Waals surface area contributed by atoms with E-state index in [1.807, 2.05) is 12.2 Å². The van der Waals surface area contributed by atoms with Gasteiger partial charge in [-0.15, -0.1) is 18.2 Å². The Morgan fingerprint density at radius 2 is 1.90 bits per heavy atom. The van der Waals surface area contributed by atoms with Crippen LogP contribution in [-0.4, -0.2) is 5.88 Å². The molecule has 0 aromatic rings. The monoisotopic (exact) mass is 292 g/mol. The Labute approximate surface area is 130 Å². The summed E-state index contributed by atoms with van der Waals surface area (Å²) in [7, 11) is 0. The van der Waals surface area contributed by atoms with Gasteiger partial charge in [-0.1, -0.05) is 68.0 Å². The maximum atomic E-state index is 5.68. The highest BCUT2D eigenvalue weighted by Crippen LogP contribution is 2.27. The average molecular weight is 293 g/mol. The molecule has 0 saturated heterocycles. The SMILES string of the molecule is C=CCCCC(=C)C(C)C(=C)C(C)/C=C\C(C)=C/CCl. The number of allylic oxidation sites excluding steroid dienone is 7. The van der Waals surface area contributed by atoms with Crippen molar-refractivity contribution in [3.05, 3.63) is 60.8 Å². The summed E-state index contributed by atoms with van der Waals surface area (Å²) in [6.45, 7) is 18.6. The second-order valence-electron chi connectivity index (χ2n) is 5.39. The molecule has 0 fully saturated rings. The van der Waals surface area contributed by atoms with Crippen LogP contribution in [0, 0.1) is 11.8 Å². The lowest BCUT2D eigenvalue weighted by molar-refractivity contribution is 0.651. The first-order chi connectivity index (χ1) is 9.43. The molecule has 112 valence electrons. The number of hydrogen-bond donors (Lipinski definition) is 0. The zero-order valence-electron chi connectivity index (χ0n) is 13.3. The van der Waals surface area contributed by atoms with Gasteiger partial charge in [0, 0.05) is 5.88 Å². The van der Waals surface area contributed by atoms with E-state index < -0.39 is 0 Å². The van der Waals surface area contributed by atoms with Crippen molar-refractivity contribution in [2.45, 2.75) is 40.0 Å². The van der Waals surface area contributed by atoms with Crippen LogP contribution in [0.5, 0.6) is 0 Å². The van der Waals surface area contributed by atoms with Crippen LogP contribution in [0.4, 0.5) is 0 Å². The highest BCUT2D eigenvalue weighted by Gasteiger charge is 2.14. The Morgan fingerprint density at radius 1 is 1.25 bits per heavy atom. The molecule has 0 aliphatic carbocycles. The van der Waals surface area contributed by atoms with Gasteiger partial charge in [-0.3, -0.25) is 0 Å². The van der Waals surface area contributed by atoms with Gasteiger partial charge in [0.2, 0.25) is 0 Å². The van der Waals surface area contributed by atoms with Crippen molar-refractivity contribution in [3.63, 3.8) is 0 Å². The van der Waals surface area contributed by atoms with Crippen LogP contribution in [0.25, 0.3) is 0 Å². The lowest BCUT2D eigenvalue weighted by atomic mass is 9.84. The summed E-state index contributed by atoms with van der Waals surface area (Å²) in [5.74, 6) is 1.26. The lowest BCUT2D eigenvalue weighted by Gasteiger charge is -2.21. The molecule has 2 atom stereocenters. The van der Waals surface area contributed by atoms with Gasteiger partial charge in [0.15, 0.2) is 0 Å². The van der Waals surface area contributed by atoms with E-state index in [1.54, 1.807) is 0 Å². The predicted molar refractivity (Wildman–Crippen MR) is 94.3 cm³/mol. The largest absolute Gasteiger partial charge is 0.122 e. The third-order valence-electron chi connectivity index (χ3n) is 3.71. The third-order valence-corrected chi connectivity index (χ3v) is 3.86. The minimum atomic E-state index is 0.347. The van der Waals surface area contributed by atoms with Crippen LogP contribution >= 0.6 is 11.6 Å². The summed E-state index contributed by atoms with van der Waals surface area (Å²) in [5, 5.41) is 0. The Bertz CT molecular complexity index is 385. The van der Waals surface area contributed by atoms with Crippen LogP contribution in [0.2, 0.25) is 0 Å². The normalized spacial score (nSPS) is 15.1. The summed E-state index contributed by atoms with van der Waals surface area (Å²) < 4.78 is 0. The molecule has 0 N–H and O–H groups in total. The van der Waals surface area contributed by atoms with E-state index in [-0.39, 0.29) is 0 Å². The zero-order valence-corrected chi connectivity index (χ0v) is 14.0. The molecular formula is C19H29Cl. The summed E-state index contributed by atoms with van der Waals surface area (Å²) >= 11 is 5.68. The number of rotatable bonds is 10. The van der Waals surface area contributed by atoms with Crippen molar-refractivity contribution < 1.29 is 0 Å². The number of halogens is 1. The fourth-order valence-corrected chi connectivity index (χ4v) is 2.20. The Morgan fingerprint density at radius 3 is 2.45 bits per heavy atom. The van der Waals surface area contributed by atoms with Gasteiger partial charge in [-0.05, 0) is 38.0 Å². The molecule has 0 bridgehead atoms. The van der Waals surface area contributed by atoms with Gasteiger partial charge < -0.3 is 0 Å². The van der Waals surface area contributed by atoms with E-state index >= 15 is 0 Å². The van der Waals surface area contributed by atoms with Gasteiger partial charge in [-0.2, -0.15) is 0 Å². The van der Waals surface area contributed by atoms with Gasteiger partial charge >= 0.3 is 0 Å². The lowest BCUT2D eigenvalue weighted by Crippen LogP contribution is -2.08. The zero-order chi connectivity index (χ0) is 15.5. The molecule has 0 heterocycles. The molecule has 0 aromatic carbocycles. The van der Waals surface area contributed by atoms with E-state index in [0.29, 0.717) is 17.7 Å². The van der Waals surface area contributed by atoms with E-state index in [4.69, 9.17) is 11.6 Å². The topological polar surface area (TPSA) is 0 Å². The van der Waals surface area contributed by atoms with Gasteiger partial charge in [0.25, 0.3) is 0 Å².